The second-order valence-corrected chi connectivity index (χ2v) is 4.51. The maximum Gasteiger partial charge on any atom is 0.150 e. The predicted octanol–water partition coefficient (Wildman–Crippen LogP) is 4.27. The minimum absolute atomic E-state index is 0.258. The van der Waals surface area contributed by atoms with Crippen LogP contribution in [0.4, 0.5) is 5.69 Å². The average Bonchev–Trinajstić information content (AvgIpc) is 2.46. The van der Waals surface area contributed by atoms with Crippen molar-refractivity contribution in [2.45, 2.75) is 19.9 Å². The fourth-order valence-corrected chi connectivity index (χ4v) is 2.20. The van der Waals surface area contributed by atoms with Crippen molar-refractivity contribution >= 4 is 5.69 Å². The summed E-state index contributed by atoms with van der Waals surface area (Å²) in [5.74, 6) is 1.84. The summed E-state index contributed by atoms with van der Waals surface area (Å²) < 4.78 is 5.97. The zero-order chi connectivity index (χ0) is 11.8. The van der Waals surface area contributed by atoms with Crippen LogP contribution in [0.2, 0.25) is 0 Å². The lowest BCUT2D eigenvalue weighted by Gasteiger charge is -2.13. The van der Waals surface area contributed by atoms with E-state index in [1.165, 1.54) is 11.1 Å². The highest BCUT2D eigenvalue weighted by Crippen LogP contribution is 2.39. The molecule has 0 saturated carbocycles. The molecule has 0 fully saturated rings. The molecule has 2 nitrogen and oxygen atoms in total. The standard InChI is InChI=1S/C15H15NO/c1-10-7-8-14-12(9-10)11(2)16-13-5-3-4-6-15(13)17-14/h3-9,11,16H,1-2H3/t11-/m1/s1. The molecule has 0 spiro atoms. The molecule has 86 valence electrons. The van der Waals surface area contributed by atoms with E-state index in [0.717, 1.165) is 17.2 Å². The first-order chi connectivity index (χ1) is 8.24. The molecule has 2 heteroatoms. The SMILES string of the molecule is Cc1ccc2c(c1)[C@@H](C)Nc1ccccc1O2. The normalized spacial score (nSPS) is 17.2. The number of nitrogens with one attached hydrogen (secondary N) is 1. The van der Waals surface area contributed by atoms with Crippen molar-refractivity contribution in [1.29, 1.82) is 0 Å². The Kier molecular flexibility index (Phi) is 2.29. The lowest BCUT2D eigenvalue weighted by molar-refractivity contribution is 0.482. The summed E-state index contributed by atoms with van der Waals surface area (Å²) in [6.07, 6.45) is 0. The number of ether oxygens (including phenoxy) is 1. The first kappa shape index (κ1) is 10.2. The van der Waals surface area contributed by atoms with Crippen LogP contribution in [0.3, 0.4) is 0 Å². The van der Waals surface area contributed by atoms with Crippen molar-refractivity contribution < 1.29 is 4.74 Å². The molecule has 2 aromatic rings. The lowest BCUT2D eigenvalue weighted by atomic mass is 10.0. The van der Waals surface area contributed by atoms with E-state index in [4.69, 9.17) is 4.74 Å². The Balaban J connectivity index is 2.14. The van der Waals surface area contributed by atoms with Crippen molar-refractivity contribution in [3.05, 3.63) is 53.6 Å². The monoisotopic (exact) mass is 225 g/mol. The van der Waals surface area contributed by atoms with Gasteiger partial charge in [0.1, 0.15) is 5.75 Å². The van der Waals surface area contributed by atoms with Gasteiger partial charge in [-0.15, -0.1) is 0 Å². The first-order valence-corrected chi connectivity index (χ1v) is 5.88. The second kappa shape index (κ2) is 3.81. The highest BCUT2D eigenvalue weighted by atomic mass is 16.5. The van der Waals surface area contributed by atoms with Gasteiger partial charge < -0.3 is 10.1 Å². The molecule has 0 amide bonds. The molecule has 0 saturated heterocycles. The molecule has 0 bridgehead atoms. The molecular weight excluding hydrogens is 210 g/mol. The topological polar surface area (TPSA) is 21.3 Å². The summed E-state index contributed by atoms with van der Waals surface area (Å²) in [5.41, 5.74) is 3.52. The van der Waals surface area contributed by atoms with Gasteiger partial charge in [-0.05, 0) is 32.0 Å². The predicted molar refractivity (Wildman–Crippen MR) is 69.7 cm³/mol. The van der Waals surface area contributed by atoms with E-state index in [1.54, 1.807) is 0 Å². The van der Waals surface area contributed by atoms with Gasteiger partial charge in [0.2, 0.25) is 0 Å². The number of anilines is 1. The summed E-state index contributed by atoms with van der Waals surface area (Å²) in [5, 5.41) is 3.48. The Hall–Kier alpha value is -1.96. The number of hydrogen-bond acceptors (Lipinski definition) is 2. The molecule has 0 radical (unpaired) electrons. The van der Waals surface area contributed by atoms with Crippen LogP contribution >= 0.6 is 0 Å². The molecule has 3 rings (SSSR count). The Labute approximate surface area is 101 Å². The molecule has 1 N–H and O–H groups in total. The average molecular weight is 225 g/mol. The Morgan fingerprint density at radius 3 is 2.76 bits per heavy atom. The third-order valence-electron chi connectivity index (χ3n) is 3.11. The third kappa shape index (κ3) is 1.76. The fraction of sp³-hybridized carbons (Fsp3) is 0.200. The molecule has 0 unspecified atom stereocenters. The maximum atomic E-state index is 5.97. The summed E-state index contributed by atoms with van der Waals surface area (Å²) in [7, 11) is 0. The smallest absolute Gasteiger partial charge is 0.150 e. The van der Waals surface area contributed by atoms with Crippen LogP contribution in [0.1, 0.15) is 24.1 Å². The minimum Gasteiger partial charge on any atom is -0.455 e. The molecule has 1 heterocycles. The molecular formula is C15H15NO. The van der Waals surface area contributed by atoms with E-state index in [1.807, 2.05) is 30.3 Å². The van der Waals surface area contributed by atoms with Gasteiger partial charge in [-0.1, -0.05) is 29.8 Å². The number of fused-ring (bicyclic) bond motifs is 2. The van der Waals surface area contributed by atoms with Gasteiger partial charge >= 0.3 is 0 Å². The number of aryl methyl sites for hydroxylation is 1. The van der Waals surface area contributed by atoms with Crippen LogP contribution in [0, 0.1) is 6.92 Å². The summed E-state index contributed by atoms with van der Waals surface area (Å²) in [6, 6.07) is 14.6. The molecule has 0 aromatic heterocycles. The molecule has 2 aromatic carbocycles. The van der Waals surface area contributed by atoms with Gasteiger partial charge in [0, 0.05) is 5.56 Å². The first-order valence-electron chi connectivity index (χ1n) is 5.88. The van der Waals surface area contributed by atoms with Crippen LogP contribution in [-0.2, 0) is 0 Å². The molecule has 1 aliphatic heterocycles. The van der Waals surface area contributed by atoms with Crippen molar-refractivity contribution in [2.75, 3.05) is 5.32 Å². The Bertz CT molecular complexity index is 563. The molecule has 1 atom stereocenters. The summed E-state index contributed by atoms with van der Waals surface area (Å²) in [4.78, 5) is 0. The molecule has 17 heavy (non-hydrogen) atoms. The van der Waals surface area contributed by atoms with Gasteiger partial charge in [-0.2, -0.15) is 0 Å². The van der Waals surface area contributed by atoms with E-state index in [2.05, 4.69) is 31.3 Å². The summed E-state index contributed by atoms with van der Waals surface area (Å²) >= 11 is 0. The van der Waals surface area contributed by atoms with Gasteiger partial charge in [0.05, 0.1) is 11.7 Å². The van der Waals surface area contributed by atoms with Gasteiger partial charge in [-0.3, -0.25) is 0 Å². The van der Waals surface area contributed by atoms with E-state index >= 15 is 0 Å². The van der Waals surface area contributed by atoms with Gasteiger partial charge in [0.15, 0.2) is 5.75 Å². The Morgan fingerprint density at radius 2 is 1.88 bits per heavy atom. The van der Waals surface area contributed by atoms with Crippen LogP contribution in [0.25, 0.3) is 0 Å². The maximum absolute atomic E-state index is 5.97. The third-order valence-corrected chi connectivity index (χ3v) is 3.11. The highest BCUT2D eigenvalue weighted by Gasteiger charge is 2.18. The number of benzene rings is 2. The zero-order valence-corrected chi connectivity index (χ0v) is 10.0. The second-order valence-electron chi connectivity index (χ2n) is 4.51. The van der Waals surface area contributed by atoms with Crippen LogP contribution < -0.4 is 10.1 Å². The van der Waals surface area contributed by atoms with E-state index in [9.17, 15) is 0 Å². The summed E-state index contributed by atoms with van der Waals surface area (Å²) in [6.45, 7) is 4.26. The highest BCUT2D eigenvalue weighted by molar-refractivity contribution is 5.62. The van der Waals surface area contributed by atoms with Gasteiger partial charge in [-0.25, -0.2) is 0 Å². The number of para-hydroxylation sites is 2. The van der Waals surface area contributed by atoms with E-state index in [0.29, 0.717) is 0 Å². The number of rotatable bonds is 0. The van der Waals surface area contributed by atoms with E-state index in [-0.39, 0.29) is 6.04 Å². The Morgan fingerprint density at radius 1 is 1.06 bits per heavy atom. The van der Waals surface area contributed by atoms with Crippen LogP contribution in [0.15, 0.2) is 42.5 Å². The van der Waals surface area contributed by atoms with E-state index < -0.39 is 0 Å². The quantitative estimate of drug-likeness (QED) is 0.722. The number of hydrogen-bond donors (Lipinski definition) is 1. The van der Waals surface area contributed by atoms with Crippen molar-refractivity contribution in [3.63, 3.8) is 0 Å². The van der Waals surface area contributed by atoms with Gasteiger partial charge in [0.25, 0.3) is 0 Å². The zero-order valence-electron chi connectivity index (χ0n) is 10.0. The van der Waals surface area contributed by atoms with Crippen molar-refractivity contribution in [3.8, 4) is 11.5 Å². The van der Waals surface area contributed by atoms with Crippen molar-refractivity contribution in [2.24, 2.45) is 0 Å². The van der Waals surface area contributed by atoms with Crippen LogP contribution in [-0.4, -0.2) is 0 Å². The minimum atomic E-state index is 0.258. The lowest BCUT2D eigenvalue weighted by Crippen LogP contribution is -2.04. The van der Waals surface area contributed by atoms with Crippen molar-refractivity contribution in [1.82, 2.24) is 0 Å². The van der Waals surface area contributed by atoms with Crippen LogP contribution in [0.5, 0.6) is 11.5 Å². The molecule has 0 aliphatic carbocycles. The fourth-order valence-electron chi connectivity index (χ4n) is 2.20. The largest absolute Gasteiger partial charge is 0.455 e. The molecule has 1 aliphatic rings.